The highest BCUT2D eigenvalue weighted by atomic mass is 32.2. The predicted molar refractivity (Wildman–Crippen MR) is 74.0 cm³/mol. The lowest BCUT2D eigenvalue weighted by atomic mass is 9.79. The maximum absolute atomic E-state index is 12.4. The smallest absolute Gasteiger partial charge is 0.214 e. The summed E-state index contributed by atoms with van der Waals surface area (Å²) >= 11 is 0. The molecular formula is C13H26N2O2S. The Bertz CT molecular complexity index is 354. The van der Waals surface area contributed by atoms with Gasteiger partial charge in [0.15, 0.2) is 0 Å². The average Bonchev–Trinajstić information content (AvgIpc) is 2.38. The zero-order valence-electron chi connectivity index (χ0n) is 11.4. The van der Waals surface area contributed by atoms with Crippen molar-refractivity contribution in [1.29, 1.82) is 0 Å². The van der Waals surface area contributed by atoms with Crippen LogP contribution in [0.15, 0.2) is 0 Å². The normalized spacial score (nSPS) is 30.1. The van der Waals surface area contributed by atoms with E-state index < -0.39 is 10.0 Å². The summed E-state index contributed by atoms with van der Waals surface area (Å²) in [4.78, 5) is 0. The van der Waals surface area contributed by atoms with Crippen LogP contribution >= 0.6 is 0 Å². The van der Waals surface area contributed by atoms with Crippen LogP contribution in [-0.4, -0.2) is 44.7 Å². The minimum absolute atomic E-state index is 0.303. The monoisotopic (exact) mass is 274 g/mol. The molecule has 1 N–H and O–H groups in total. The van der Waals surface area contributed by atoms with Crippen molar-refractivity contribution < 1.29 is 8.42 Å². The van der Waals surface area contributed by atoms with Gasteiger partial charge < -0.3 is 5.32 Å². The quantitative estimate of drug-likeness (QED) is 0.774. The summed E-state index contributed by atoms with van der Waals surface area (Å²) in [6.07, 6.45) is 7.79. The lowest BCUT2D eigenvalue weighted by Gasteiger charge is -2.43. The Balaban J connectivity index is 2.00. The van der Waals surface area contributed by atoms with E-state index in [2.05, 4.69) is 5.32 Å². The van der Waals surface area contributed by atoms with Crippen molar-refractivity contribution in [2.45, 2.75) is 51.0 Å². The van der Waals surface area contributed by atoms with Crippen LogP contribution in [0.3, 0.4) is 0 Å². The largest absolute Gasteiger partial charge is 0.320 e. The summed E-state index contributed by atoms with van der Waals surface area (Å²) in [5.41, 5.74) is 0. The molecule has 0 spiro atoms. The third-order valence-corrected chi connectivity index (χ3v) is 6.35. The first kappa shape index (κ1) is 14.3. The molecule has 2 aliphatic rings. The Morgan fingerprint density at radius 3 is 2.67 bits per heavy atom. The van der Waals surface area contributed by atoms with Gasteiger partial charge in [-0.1, -0.05) is 12.8 Å². The first-order chi connectivity index (χ1) is 8.65. The van der Waals surface area contributed by atoms with Gasteiger partial charge in [0.05, 0.1) is 5.75 Å². The van der Waals surface area contributed by atoms with Crippen LogP contribution in [0, 0.1) is 5.92 Å². The van der Waals surface area contributed by atoms with Gasteiger partial charge in [-0.2, -0.15) is 4.31 Å². The Kier molecular flexibility index (Phi) is 5.04. The van der Waals surface area contributed by atoms with Crippen molar-refractivity contribution in [2.24, 2.45) is 5.92 Å². The van der Waals surface area contributed by atoms with Crippen molar-refractivity contribution in [1.82, 2.24) is 9.62 Å². The van der Waals surface area contributed by atoms with Gasteiger partial charge in [-0.25, -0.2) is 8.42 Å². The van der Waals surface area contributed by atoms with Gasteiger partial charge in [-0.15, -0.1) is 0 Å². The molecule has 0 aromatic rings. The topological polar surface area (TPSA) is 49.4 Å². The second-order valence-electron chi connectivity index (χ2n) is 5.64. The van der Waals surface area contributed by atoms with Crippen molar-refractivity contribution >= 4 is 10.0 Å². The van der Waals surface area contributed by atoms with E-state index in [4.69, 9.17) is 0 Å². The zero-order valence-corrected chi connectivity index (χ0v) is 12.2. The van der Waals surface area contributed by atoms with E-state index >= 15 is 0 Å². The second kappa shape index (κ2) is 6.35. The van der Waals surface area contributed by atoms with Gasteiger partial charge in [-0.3, -0.25) is 0 Å². The van der Waals surface area contributed by atoms with E-state index in [0.29, 0.717) is 24.1 Å². The Morgan fingerprint density at radius 1 is 1.17 bits per heavy atom. The minimum atomic E-state index is -3.03. The van der Waals surface area contributed by atoms with E-state index in [1.54, 1.807) is 0 Å². The third-order valence-electron chi connectivity index (χ3n) is 4.38. The molecule has 2 fully saturated rings. The fraction of sp³-hybridized carbons (Fsp3) is 1.00. The second-order valence-corrected chi connectivity index (χ2v) is 7.68. The molecule has 5 heteroatoms. The molecule has 1 saturated carbocycles. The standard InChI is InChI=1S/C13H26N2O2S/c1-14-9-5-11-18(16,17)15-10-4-7-12-6-2-3-8-13(12)15/h12-14H,2-11H2,1H3/t12-,13-/m1/s1. The first-order valence-electron chi connectivity index (χ1n) is 7.29. The van der Waals surface area contributed by atoms with Crippen molar-refractivity contribution in [3.8, 4) is 0 Å². The van der Waals surface area contributed by atoms with Crippen LogP contribution in [0.4, 0.5) is 0 Å². The molecular weight excluding hydrogens is 248 g/mol. The van der Waals surface area contributed by atoms with E-state index in [0.717, 1.165) is 25.9 Å². The number of nitrogens with zero attached hydrogens (tertiary/aromatic N) is 1. The van der Waals surface area contributed by atoms with Crippen LogP contribution in [0.25, 0.3) is 0 Å². The van der Waals surface area contributed by atoms with Crippen LogP contribution in [0.1, 0.15) is 44.9 Å². The lowest BCUT2D eigenvalue weighted by Crippen LogP contribution is -2.50. The molecule has 0 bridgehead atoms. The average molecular weight is 274 g/mol. The van der Waals surface area contributed by atoms with Gasteiger partial charge >= 0.3 is 0 Å². The summed E-state index contributed by atoms with van der Waals surface area (Å²) in [6.45, 7) is 1.53. The van der Waals surface area contributed by atoms with Crippen LogP contribution in [-0.2, 0) is 10.0 Å². The molecule has 2 rings (SSSR count). The molecule has 18 heavy (non-hydrogen) atoms. The fourth-order valence-corrected chi connectivity index (χ4v) is 5.31. The molecule has 0 radical (unpaired) electrons. The number of piperidine rings is 1. The molecule has 2 atom stereocenters. The molecule has 1 heterocycles. The number of hydrogen-bond acceptors (Lipinski definition) is 3. The van der Waals surface area contributed by atoms with E-state index in [9.17, 15) is 8.42 Å². The van der Waals surface area contributed by atoms with Crippen LogP contribution in [0.2, 0.25) is 0 Å². The minimum Gasteiger partial charge on any atom is -0.320 e. The number of sulfonamides is 1. The zero-order chi connectivity index (χ0) is 13.0. The van der Waals surface area contributed by atoms with Gasteiger partial charge in [-0.05, 0) is 51.6 Å². The van der Waals surface area contributed by atoms with Crippen molar-refractivity contribution in [3.63, 3.8) is 0 Å². The SMILES string of the molecule is CNCCCS(=O)(=O)N1CCC[C@H]2CCCC[C@H]21. The number of rotatable bonds is 5. The van der Waals surface area contributed by atoms with Gasteiger partial charge in [0.25, 0.3) is 0 Å². The highest BCUT2D eigenvalue weighted by Crippen LogP contribution is 2.36. The van der Waals surface area contributed by atoms with Crippen molar-refractivity contribution in [3.05, 3.63) is 0 Å². The van der Waals surface area contributed by atoms with Crippen LogP contribution < -0.4 is 5.32 Å². The molecule has 0 amide bonds. The summed E-state index contributed by atoms with van der Waals surface area (Å²) < 4.78 is 26.7. The third kappa shape index (κ3) is 3.25. The first-order valence-corrected chi connectivity index (χ1v) is 8.90. The highest BCUT2D eigenvalue weighted by molar-refractivity contribution is 7.89. The van der Waals surface area contributed by atoms with Gasteiger partial charge in [0.2, 0.25) is 10.0 Å². The summed E-state index contributed by atoms with van der Waals surface area (Å²) in [5, 5.41) is 3.02. The molecule has 0 aromatic heterocycles. The summed E-state index contributed by atoms with van der Waals surface area (Å²) in [7, 11) is -1.17. The Morgan fingerprint density at radius 2 is 1.89 bits per heavy atom. The maximum Gasteiger partial charge on any atom is 0.214 e. The number of fused-ring (bicyclic) bond motifs is 1. The van der Waals surface area contributed by atoms with Crippen molar-refractivity contribution in [2.75, 3.05) is 25.9 Å². The van der Waals surface area contributed by atoms with Gasteiger partial charge in [0.1, 0.15) is 0 Å². The lowest BCUT2D eigenvalue weighted by molar-refractivity contribution is 0.129. The Labute approximate surface area is 111 Å². The number of nitrogens with one attached hydrogen (secondary N) is 1. The molecule has 106 valence electrons. The molecule has 0 aromatic carbocycles. The molecule has 4 nitrogen and oxygen atoms in total. The predicted octanol–water partition coefficient (Wildman–Crippen LogP) is 1.58. The summed E-state index contributed by atoms with van der Waals surface area (Å²) in [6, 6.07) is 0.312. The Hall–Kier alpha value is -0.130. The van der Waals surface area contributed by atoms with E-state index in [1.807, 2.05) is 11.4 Å². The molecule has 0 unspecified atom stereocenters. The number of hydrogen-bond donors (Lipinski definition) is 1. The van der Waals surface area contributed by atoms with E-state index in [-0.39, 0.29) is 0 Å². The van der Waals surface area contributed by atoms with Gasteiger partial charge in [0, 0.05) is 12.6 Å². The van der Waals surface area contributed by atoms with Crippen LogP contribution in [0.5, 0.6) is 0 Å². The maximum atomic E-state index is 12.4. The molecule has 1 saturated heterocycles. The summed E-state index contributed by atoms with van der Waals surface area (Å²) in [5.74, 6) is 0.934. The van der Waals surface area contributed by atoms with E-state index in [1.165, 1.54) is 25.7 Å². The molecule has 1 aliphatic heterocycles. The fourth-order valence-electron chi connectivity index (χ4n) is 3.47. The molecule has 1 aliphatic carbocycles. The highest BCUT2D eigenvalue weighted by Gasteiger charge is 2.38.